The third kappa shape index (κ3) is 9.08. The lowest BCUT2D eigenvalue weighted by Gasteiger charge is -2.36. The number of carbonyl (C=O) groups is 2. The molecule has 0 aliphatic carbocycles. The Balaban J connectivity index is 1.28. The molecule has 1 aliphatic heterocycles. The van der Waals surface area contributed by atoms with Gasteiger partial charge in [0.15, 0.2) is 0 Å². The van der Waals surface area contributed by atoms with Gasteiger partial charge in [-0.2, -0.15) is 0 Å². The van der Waals surface area contributed by atoms with E-state index in [1.165, 1.54) is 18.2 Å². The molecule has 0 bridgehead atoms. The third-order valence-electron chi connectivity index (χ3n) is 8.21. The molecule has 0 spiro atoms. The van der Waals surface area contributed by atoms with Crippen LogP contribution in [0.15, 0.2) is 91.0 Å². The minimum Gasteiger partial charge on any atom is -0.465 e. The first-order valence-corrected chi connectivity index (χ1v) is 16.7. The van der Waals surface area contributed by atoms with Crippen LogP contribution in [0.3, 0.4) is 0 Å². The number of hydrogen-bond acceptors (Lipinski definition) is 7. The highest BCUT2D eigenvalue weighted by atomic mass is 35.5. The molecule has 0 N–H and O–H groups in total. The molecule has 1 aliphatic rings. The minimum absolute atomic E-state index is 0.341. The van der Waals surface area contributed by atoms with E-state index in [0.717, 1.165) is 54.6 Å². The Morgan fingerprint density at radius 3 is 2.29 bits per heavy atom. The van der Waals surface area contributed by atoms with Crippen LogP contribution in [0.4, 0.5) is 10.5 Å². The van der Waals surface area contributed by atoms with Crippen LogP contribution in [-0.2, 0) is 22.6 Å². The van der Waals surface area contributed by atoms with Crippen molar-refractivity contribution in [3.8, 4) is 22.6 Å². The lowest BCUT2D eigenvalue weighted by Crippen LogP contribution is -2.46. The second-order valence-corrected chi connectivity index (χ2v) is 13.3. The Morgan fingerprint density at radius 1 is 0.875 bits per heavy atom. The summed E-state index contributed by atoms with van der Waals surface area (Å²) in [6, 6.07) is 29.6. The summed E-state index contributed by atoms with van der Waals surface area (Å²) in [5.74, 6) is 0.494. The van der Waals surface area contributed by atoms with Gasteiger partial charge in [-0.1, -0.05) is 60.1 Å². The number of rotatable bonds is 10. The van der Waals surface area contributed by atoms with E-state index in [1.807, 2.05) is 76.2 Å². The second-order valence-electron chi connectivity index (χ2n) is 12.8. The van der Waals surface area contributed by atoms with Gasteiger partial charge in [-0.15, -0.1) is 0 Å². The molecule has 0 unspecified atom stereocenters. The minimum atomic E-state index is -0.583. The molecule has 5 rings (SSSR count). The summed E-state index contributed by atoms with van der Waals surface area (Å²) in [5.41, 5.74) is 5.26. The van der Waals surface area contributed by atoms with Gasteiger partial charge in [0.05, 0.1) is 7.11 Å². The number of benzene rings is 4. The Kier molecular flexibility index (Phi) is 11.3. The lowest BCUT2D eigenvalue weighted by atomic mass is 9.99. The zero-order valence-corrected chi connectivity index (χ0v) is 29.1. The van der Waals surface area contributed by atoms with Crippen LogP contribution < -0.4 is 9.64 Å². The highest BCUT2D eigenvalue weighted by Gasteiger charge is 2.23. The molecule has 1 amide bonds. The Labute approximate surface area is 288 Å². The van der Waals surface area contributed by atoms with E-state index in [0.29, 0.717) is 30.2 Å². The van der Waals surface area contributed by atoms with Crippen molar-refractivity contribution in [3.63, 3.8) is 0 Å². The van der Waals surface area contributed by atoms with Gasteiger partial charge >= 0.3 is 12.1 Å². The standard InChI is InChI=1S/C39H44ClN3O5/c1-6-42(38(45)48-39(2,3)4)26-28-10-9-12-33(24-28)47-36-25-32(18-19-35(36)37(44)46-5)43-22-20-41(21-23-43)27-30-11-7-8-13-34(30)29-14-16-31(40)17-15-29/h7-19,24-25H,6,20-23,26-27H2,1-5H3. The molecule has 4 aromatic rings. The number of piperazine rings is 1. The summed E-state index contributed by atoms with van der Waals surface area (Å²) in [5, 5.41) is 0.729. The smallest absolute Gasteiger partial charge is 0.410 e. The second kappa shape index (κ2) is 15.6. The average molecular weight is 670 g/mol. The summed E-state index contributed by atoms with van der Waals surface area (Å²) in [4.78, 5) is 31.9. The number of halogens is 1. The fourth-order valence-corrected chi connectivity index (χ4v) is 5.86. The van der Waals surface area contributed by atoms with Crippen LogP contribution in [0.25, 0.3) is 11.1 Å². The van der Waals surface area contributed by atoms with Gasteiger partial charge in [-0.3, -0.25) is 4.90 Å². The molecule has 0 saturated carbocycles. The molecule has 1 fully saturated rings. The van der Waals surface area contributed by atoms with Gasteiger partial charge in [0.1, 0.15) is 22.7 Å². The number of carbonyl (C=O) groups excluding carboxylic acids is 2. The number of amides is 1. The van der Waals surface area contributed by atoms with Crippen molar-refractivity contribution < 1.29 is 23.8 Å². The maximum absolute atomic E-state index is 12.7. The van der Waals surface area contributed by atoms with Gasteiger partial charge in [-0.05, 0) is 86.3 Å². The fraction of sp³-hybridized carbons (Fsp3) is 0.333. The predicted molar refractivity (Wildman–Crippen MR) is 191 cm³/mol. The summed E-state index contributed by atoms with van der Waals surface area (Å²) in [7, 11) is 1.36. The Hall–Kier alpha value is -4.53. The Bertz CT molecular complexity index is 1710. The molecule has 9 heteroatoms. The first-order chi connectivity index (χ1) is 23.0. The van der Waals surface area contributed by atoms with Crippen LogP contribution in [0.5, 0.6) is 11.5 Å². The molecule has 8 nitrogen and oxygen atoms in total. The quantitative estimate of drug-likeness (QED) is 0.157. The van der Waals surface area contributed by atoms with Crippen LogP contribution in [-0.4, -0.2) is 67.3 Å². The number of ether oxygens (including phenoxy) is 3. The van der Waals surface area contributed by atoms with E-state index in [4.69, 9.17) is 25.8 Å². The maximum atomic E-state index is 12.7. The highest BCUT2D eigenvalue weighted by molar-refractivity contribution is 6.30. The van der Waals surface area contributed by atoms with Gasteiger partial charge in [0.2, 0.25) is 0 Å². The SMILES string of the molecule is CCN(Cc1cccc(Oc2cc(N3CCN(Cc4ccccc4-c4ccc(Cl)cc4)CC3)ccc2C(=O)OC)c1)C(=O)OC(C)(C)C. The molecule has 4 aromatic carbocycles. The number of methoxy groups -OCH3 is 1. The van der Waals surface area contributed by atoms with E-state index in [2.05, 4.69) is 46.2 Å². The van der Waals surface area contributed by atoms with E-state index in [1.54, 1.807) is 11.0 Å². The van der Waals surface area contributed by atoms with Crippen LogP contribution in [0.1, 0.15) is 49.2 Å². The molecule has 252 valence electrons. The largest absolute Gasteiger partial charge is 0.465 e. The van der Waals surface area contributed by atoms with E-state index in [-0.39, 0.29) is 6.09 Å². The van der Waals surface area contributed by atoms with Crippen LogP contribution in [0.2, 0.25) is 5.02 Å². The fourth-order valence-electron chi connectivity index (χ4n) is 5.73. The average Bonchev–Trinajstić information content (AvgIpc) is 3.07. The summed E-state index contributed by atoms with van der Waals surface area (Å²) >= 11 is 6.13. The number of esters is 1. The van der Waals surface area contributed by atoms with Gasteiger partial charge in [0.25, 0.3) is 0 Å². The van der Waals surface area contributed by atoms with E-state index in [9.17, 15) is 9.59 Å². The Morgan fingerprint density at radius 2 is 1.60 bits per heavy atom. The van der Waals surface area contributed by atoms with Crippen molar-refractivity contribution in [2.75, 3.05) is 44.7 Å². The number of nitrogens with zero attached hydrogens (tertiary/aromatic N) is 3. The number of hydrogen-bond donors (Lipinski definition) is 0. The van der Waals surface area contributed by atoms with E-state index < -0.39 is 11.6 Å². The normalized spacial score (nSPS) is 13.6. The van der Waals surface area contributed by atoms with Crippen molar-refractivity contribution in [1.29, 1.82) is 0 Å². The molecular weight excluding hydrogens is 626 g/mol. The predicted octanol–water partition coefficient (Wildman–Crippen LogP) is 8.67. The van der Waals surface area contributed by atoms with Gasteiger partial charge in [-0.25, -0.2) is 9.59 Å². The first-order valence-electron chi connectivity index (χ1n) is 16.3. The summed E-state index contributed by atoms with van der Waals surface area (Å²) in [6.07, 6.45) is -0.372. The zero-order valence-electron chi connectivity index (χ0n) is 28.4. The topological polar surface area (TPSA) is 71.5 Å². The van der Waals surface area contributed by atoms with Gasteiger partial charge < -0.3 is 24.0 Å². The van der Waals surface area contributed by atoms with Crippen molar-refractivity contribution >= 4 is 29.4 Å². The molecule has 1 saturated heterocycles. The molecule has 48 heavy (non-hydrogen) atoms. The van der Waals surface area contributed by atoms with E-state index >= 15 is 0 Å². The molecule has 1 heterocycles. The van der Waals surface area contributed by atoms with Crippen LogP contribution >= 0.6 is 11.6 Å². The molecule has 0 aromatic heterocycles. The zero-order chi connectivity index (χ0) is 34.3. The molecule has 0 atom stereocenters. The first kappa shape index (κ1) is 34.8. The van der Waals surface area contributed by atoms with Crippen molar-refractivity contribution in [2.24, 2.45) is 0 Å². The summed E-state index contributed by atoms with van der Waals surface area (Å²) in [6.45, 7) is 12.6. The monoisotopic (exact) mass is 669 g/mol. The lowest BCUT2D eigenvalue weighted by molar-refractivity contribution is 0.0244. The molecular formula is C39H44ClN3O5. The van der Waals surface area contributed by atoms with Crippen molar-refractivity contribution in [1.82, 2.24) is 9.80 Å². The van der Waals surface area contributed by atoms with Crippen LogP contribution in [0, 0.1) is 0 Å². The third-order valence-corrected chi connectivity index (χ3v) is 8.46. The molecule has 0 radical (unpaired) electrons. The summed E-state index contributed by atoms with van der Waals surface area (Å²) < 4.78 is 17.0. The maximum Gasteiger partial charge on any atom is 0.410 e. The van der Waals surface area contributed by atoms with Crippen molar-refractivity contribution in [2.45, 2.75) is 46.4 Å². The van der Waals surface area contributed by atoms with Gasteiger partial charge in [0, 0.05) is 62.6 Å². The van der Waals surface area contributed by atoms with Crippen molar-refractivity contribution in [3.05, 3.63) is 113 Å². The number of anilines is 1. The highest BCUT2D eigenvalue weighted by Crippen LogP contribution is 2.33.